The summed E-state index contributed by atoms with van der Waals surface area (Å²) >= 11 is 0. The van der Waals surface area contributed by atoms with Crippen LogP contribution in [-0.4, -0.2) is 33.4 Å². The number of hydrogen-bond donors (Lipinski definition) is 2. The van der Waals surface area contributed by atoms with E-state index in [1.54, 1.807) is 12.2 Å². The molecule has 0 aromatic heterocycles. The van der Waals surface area contributed by atoms with Gasteiger partial charge in [-0.25, -0.2) is 4.39 Å². The molecule has 0 heterocycles. The number of ketones is 1. The molecular formula is C23H31FO3. The van der Waals surface area contributed by atoms with E-state index in [2.05, 4.69) is 6.58 Å². The van der Waals surface area contributed by atoms with Gasteiger partial charge < -0.3 is 10.2 Å². The molecule has 27 heavy (non-hydrogen) atoms. The summed E-state index contributed by atoms with van der Waals surface area (Å²) in [4.78, 5) is 12.0. The first kappa shape index (κ1) is 19.1. The van der Waals surface area contributed by atoms with Crippen LogP contribution in [0, 0.1) is 28.6 Å². The van der Waals surface area contributed by atoms with Crippen LogP contribution in [0.2, 0.25) is 0 Å². The van der Waals surface area contributed by atoms with Gasteiger partial charge in [-0.15, -0.1) is 0 Å². The van der Waals surface area contributed by atoms with Gasteiger partial charge in [-0.2, -0.15) is 0 Å². The molecule has 2 N–H and O–H groups in total. The van der Waals surface area contributed by atoms with E-state index in [1.165, 1.54) is 6.08 Å². The van der Waals surface area contributed by atoms with Crippen LogP contribution in [-0.2, 0) is 4.79 Å². The molecule has 3 nitrogen and oxygen atoms in total. The summed E-state index contributed by atoms with van der Waals surface area (Å²) < 4.78 is 16.9. The lowest BCUT2D eigenvalue weighted by Crippen LogP contribution is -2.69. The third-order valence-corrected chi connectivity index (χ3v) is 8.83. The molecule has 0 radical (unpaired) electrons. The number of hydrogen-bond acceptors (Lipinski definition) is 3. The predicted molar refractivity (Wildman–Crippen MR) is 103 cm³/mol. The summed E-state index contributed by atoms with van der Waals surface area (Å²) in [6.07, 6.45) is 5.57. The van der Waals surface area contributed by atoms with Crippen molar-refractivity contribution >= 4 is 5.78 Å². The maximum atomic E-state index is 16.9. The number of carbonyl (C=O) groups excluding carboxylic acids is 1. The zero-order valence-corrected chi connectivity index (χ0v) is 16.8. The van der Waals surface area contributed by atoms with E-state index in [9.17, 15) is 15.0 Å². The van der Waals surface area contributed by atoms with Crippen molar-refractivity contribution < 1.29 is 19.4 Å². The summed E-state index contributed by atoms with van der Waals surface area (Å²) in [5, 5.41) is 22.6. The van der Waals surface area contributed by atoms with Crippen molar-refractivity contribution in [3.05, 3.63) is 36.0 Å². The van der Waals surface area contributed by atoms with Gasteiger partial charge in [0.15, 0.2) is 11.5 Å². The molecule has 0 bridgehead atoms. The Morgan fingerprint density at radius 3 is 2.63 bits per heavy atom. The van der Waals surface area contributed by atoms with E-state index in [4.69, 9.17) is 0 Å². The molecule has 0 aromatic rings. The lowest BCUT2D eigenvalue weighted by molar-refractivity contribution is -0.216. The third kappa shape index (κ3) is 2.01. The molecule has 0 saturated heterocycles. The number of aliphatic hydroxyl groups excluding tert-OH is 1. The van der Waals surface area contributed by atoms with E-state index in [-0.39, 0.29) is 30.0 Å². The van der Waals surface area contributed by atoms with Crippen LogP contribution in [0.1, 0.15) is 53.4 Å². The maximum absolute atomic E-state index is 16.9. The highest BCUT2D eigenvalue weighted by Gasteiger charge is 2.73. The zero-order valence-electron chi connectivity index (χ0n) is 16.8. The molecule has 4 aliphatic rings. The minimum Gasteiger partial charge on any atom is -0.390 e. The fourth-order valence-corrected chi connectivity index (χ4v) is 7.31. The van der Waals surface area contributed by atoms with Crippen LogP contribution in [0.25, 0.3) is 0 Å². The fourth-order valence-electron chi connectivity index (χ4n) is 7.31. The van der Waals surface area contributed by atoms with Gasteiger partial charge >= 0.3 is 0 Å². The van der Waals surface area contributed by atoms with Crippen molar-refractivity contribution in [2.45, 2.75) is 70.8 Å². The molecule has 0 amide bonds. The second-order valence-corrected chi connectivity index (χ2v) is 9.97. The minimum absolute atomic E-state index is 0.0283. The molecular weight excluding hydrogens is 343 g/mol. The van der Waals surface area contributed by atoms with E-state index < -0.39 is 28.2 Å². The lowest BCUT2D eigenvalue weighted by Gasteiger charge is -2.64. The third-order valence-electron chi connectivity index (χ3n) is 8.83. The number of alkyl halides is 1. The fraction of sp³-hybridized carbons (Fsp3) is 0.696. The Hall–Kier alpha value is -1.26. The van der Waals surface area contributed by atoms with Crippen LogP contribution in [0.3, 0.4) is 0 Å². The summed E-state index contributed by atoms with van der Waals surface area (Å²) in [6.45, 7) is 11.7. The molecule has 3 saturated carbocycles. The van der Waals surface area contributed by atoms with E-state index in [1.807, 2.05) is 27.7 Å². The number of aliphatic hydroxyl groups is 2. The largest absolute Gasteiger partial charge is 0.390 e. The molecule has 8 unspecified atom stereocenters. The van der Waals surface area contributed by atoms with Gasteiger partial charge in [-0.1, -0.05) is 32.1 Å². The van der Waals surface area contributed by atoms with Gasteiger partial charge in [-0.05, 0) is 69.1 Å². The zero-order chi connectivity index (χ0) is 20.0. The number of rotatable bonds is 1. The molecule has 8 atom stereocenters. The molecule has 4 rings (SSSR count). The molecule has 0 aromatic carbocycles. The van der Waals surface area contributed by atoms with Crippen molar-refractivity contribution in [1.29, 1.82) is 0 Å². The van der Waals surface area contributed by atoms with Crippen molar-refractivity contribution in [3.63, 3.8) is 0 Å². The summed E-state index contributed by atoms with van der Waals surface area (Å²) in [5.74, 6) is -0.441. The average Bonchev–Trinajstić information content (AvgIpc) is 2.85. The van der Waals surface area contributed by atoms with Gasteiger partial charge in [-0.3, -0.25) is 4.79 Å². The molecule has 4 aliphatic carbocycles. The van der Waals surface area contributed by atoms with Gasteiger partial charge in [0, 0.05) is 16.7 Å². The Morgan fingerprint density at radius 1 is 1.33 bits per heavy atom. The highest BCUT2D eigenvalue weighted by Crippen LogP contribution is 2.71. The Morgan fingerprint density at radius 2 is 2.00 bits per heavy atom. The average molecular weight is 374 g/mol. The number of allylic oxidation sites excluding steroid dienone is 4. The topological polar surface area (TPSA) is 57.5 Å². The highest BCUT2D eigenvalue weighted by molar-refractivity contribution is 6.01. The molecule has 4 heteroatoms. The minimum atomic E-state index is -1.84. The molecule has 0 aliphatic heterocycles. The quantitative estimate of drug-likeness (QED) is 0.684. The van der Waals surface area contributed by atoms with E-state index in [0.717, 1.165) is 12.0 Å². The van der Waals surface area contributed by atoms with Crippen LogP contribution >= 0.6 is 0 Å². The first-order valence-corrected chi connectivity index (χ1v) is 10.1. The van der Waals surface area contributed by atoms with E-state index >= 15 is 4.39 Å². The first-order valence-electron chi connectivity index (χ1n) is 10.1. The number of halogens is 1. The molecule has 148 valence electrons. The van der Waals surface area contributed by atoms with Gasteiger partial charge in [0.25, 0.3) is 0 Å². The second kappa shape index (κ2) is 5.42. The van der Waals surface area contributed by atoms with Gasteiger partial charge in [0.05, 0.1) is 11.7 Å². The second-order valence-electron chi connectivity index (χ2n) is 9.97. The Labute approximate surface area is 161 Å². The standard InChI is InChI=1S/C23H31FO3/c1-13(2)22(27)9-7-16-18-10-14(3)17-11-15(25)6-8-20(17,4)23(18,24)19(26)12-21(16,22)5/h6,8,11,14,16,18-19,26-27H,1,7,9-10,12H2,2-5H3. The Bertz CT molecular complexity index is 784. The summed E-state index contributed by atoms with van der Waals surface area (Å²) in [5.41, 5.74) is -3.00. The van der Waals surface area contributed by atoms with Crippen molar-refractivity contribution in [2.24, 2.45) is 28.6 Å². The SMILES string of the molecule is C=C(C)C1(O)CCC2C3CC(C)C4=CC(=O)C=CC4(C)C3(F)C(O)CC21C. The number of fused-ring (bicyclic) bond motifs is 5. The number of carbonyl (C=O) groups is 1. The molecule has 3 fully saturated rings. The van der Waals surface area contributed by atoms with E-state index in [0.29, 0.717) is 18.4 Å². The van der Waals surface area contributed by atoms with Crippen LogP contribution < -0.4 is 0 Å². The first-order chi connectivity index (χ1) is 12.4. The lowest BCUT2D eigenvalue weighted by atomic mass is 9.43. The maximum Gasteiger partial charge on any atom is 0.178 e. The predicted octanol–water partition coefficient (Wildman–Crippen LogP) is 3.91. The Kier molecular flexibility index (Phi) is 3.83. The highest BCUT2D eigenvalue weighted by atomic mass is 19.1. The van der Waals surface area contributed by atoms with Crippen molar-refractivity contribution in [1.82, 2.24) is 0 Å². The van der Waals surface area contributed by atoms with Crippen molar-refractivity contribution in [2.75, 3.05) is 0 Å². The monoisotopic (exact) mass is 374 g/mol. The molecule has 0 spiro atoms. The Balaban J connectivity index is 1.86. The van der Waals surface area contributed by atoms with Crippen LogP contribution in [0.5, 0.6) is 0 Å². The normalized spacial score (nSPS) is 54.0. The van der Waals surface area contributed by atoms with Gasteiger partial charge in [0.1, 0.15) is 0 Å². The smallest absolute Gasteiger partial charge is 0.178 e. The van der Waals surface area contributed by atoms with Crippen molar-refractivity contribution in [3.8, 4) is 0 Å². The summed E-state index contributed by atoms with van der Waals surface area (Å²) in [7, 11) is 0. The van der Waals surface area contributed by atoms with Crippen LogP contribution in [0.15, 0.2) is 36.0 Å². The summed E-state index contributed by atoms with van der Waals surface area (Å²) in [6, 6.07) is 0. The van der Waals surface area contributed by atoms with Gasteiger partial charge in [0.2, 0.25) is 0 Å². The van der Waals surface area contributed by atoms with Crippen LogP contribution in [0.4, 0.5) is 4.39 Å².